The van der Waals surface area contributed by atoms with Crippen molar-refractivity contribution in [2.45, 2.75) is 69.9 Å². The number of aliphatic hydroxyl groups excluding tert-OH is 5. The predicted octanol–water partition coefficient (Wildman–Crippen LogP) is -0.628. The first-order chi connectivity index (χ1) is 9.93. The molecular weight excluding hydrogens is 262 g/mol. The summed E-state index contributed by atoms with van der Waals surface area (Å²) in [4.78, 5) is 0. The Labute approximate surface area is 122 Å². The highest BCUT2D eigenvalue weighted by Gasteiger charge is 2.29. The lowest BCUT2D eigenvalue weighted by Gasteiger charge is -2.25. The van der Waals surface area contributed by atoms with Crippen LogP contribution in [0.1, 0.15) is 45.4 Å². The van der Waals surface area contributed by atoms with Crippen molar-refractivity contribution in [1.82, 2.24) is 5.31 Å². The van der Waals surface area contributed by atoms with Crippen molar-refractivity contribution in [2.75, 3.05) is 19.7 Å². The van der Waals surface area contributed by atoms with Gasteiger partial charge < -0.3 is 30.8 Å². The van der Waals surface area contributed by atoms with Crippen LogP contribution in [0.15, 0.2) is 0 Å². The SMILES string of the molecule is [2H]N(CCCCCCCC)C[C@H](O)[C@@H](O)[C@H](O)[C@H](O)CO. The molecule has 0 aliphatic carbocycles. The zero-order valence-electron chi connectivity index (χ0n) is 13.4. The summed E-state index contributed by atoms with van der Waals surface area (Å²) in [5.41, 5.74) is 0. The lowest BCUT2D eigenvalue weighted by Crippen LogP contribution is -2.49. The molecule has 0 spiro atoms. The molecule has 0 radical (unpaired) electrons. The van der Waals surface area contributed by atoms with Crippen molar-refractivity contribution in [3.05, 3.63) is 0 Å². The largest absolute Gasteiger partial charge is 0.394 e. The van der Waals surface area contributed by atoms with Crippen LogP contribution in [-0.4, -0.2) is 69.6 Å². The molecule has 0 aromatic carbocycles. The van der Waals surface area contributed by atoms with E-state index in [2.05, 4.69) is 6.92 Å². The molecule has 0 amide bonds. The number of rotatable bonds is 13. The Hall–Kier alpha value is -0.240. The Kier molecular flexibility index (Phi) is 11.1. The molecule has 0 aliphatic rings. The van der Waals surface area contributed by atoms with Gasteiger partial charge in [0.25, 0.3) is 0 Å². The highest BCUT2D eigenvalue weighted by atomic mass is 16.4. The smallest absolute Gasteiger partial charge is 0.122 e. The lowest BCUT2D eigenvalue weighted by molar-refractivity contribution is -0.113. The maximum absolute atomic E-state index is 9.71. The van der Waals surface area contributed by atoms with Gasteiger partial charge in [0.1, 0.15) is 19.7 Å². The molecule has 6 nitrogen and oxygen atoms in total. The lowest BCUT2D eigenvalue weighted by atomic mass is 10.0. The first kappa shape index (κ1) is 17.8. The van der Waals surface area contributed by atoms with Crippen LogP contribution < -0.4 is 5.31 Å². The highest BCUT2D eigenvalue weighted by molar-refractivity contribution is 4.81. The summed E-state index contributed by atoms with van der Waals surface area (Å²) in [6.45, 7) is 1.81. The van der Waals surface area contributed by atoms with E-state index in [1.807, 2.05) is 0 Å². The Morgan fingerprint density at radius 2 is 1.45 bits per heavy atom. The monoisotopic (exact) mass is 294 g/mol. The van der Waals surface area contributed by atoms with Gasteiger partial charge in [0.05, 0.1) is 12.7 Å². The maximum Gasteiger partial charge on any atom is 0.122 e. The molecule has 0 rings (SSSR count). The predicted molar refractivity (Wildman–Crippen MR) is 77.4 cm³/mol. The van der Waals surface area contributed by atoms with Crippen molar-refractivity contribution in [2.24, 2.45) is 0 Å². The van der Waals surface area contributed by atoms with E-state index in [0.717, 1.165) is 24.6 Å². The molecule has 6 heteroatoms. The zero-order chi connectivity index (χ0) is 16.3. The van der Waals surface area contributed by atoms with Gasteiger partial charge in [0.2, 0.25) is 0 Å². The third kappa shape index (κ3) is 8.84. The van der Waals surface area contributed by atoms with Gasteiger partial charge in [-0.2, -0.15) is 0 Å². The van der Waals surface area contributed by atoms with E-state index in [4.69, 9.17) is 6.52 Å². The summed E-state index contributed by atoms with van der Waals surface area (Å²) >= 11 is 0. The van der Waals surface area contributed by atoms with E-state index in [1.54, 1.807) is 0 Å². The molecule has 20 heavy (non-hydrogen) atoms. The summed E-state index contributed by atoms with van der Waals surface area (Å²) < 4.78 is 7.67. The average molecular weight is 294 g/mol. The van der Waals surface area contributed by atoms with Gasteiger partial charge in [0.15, 0.2) is 0 Å². The first-order valence-corrected chi connectivity index (χ1v) is 7.51. The minimum Gasteiger partial charge on any atom is -0.394 e. The molecule has 0 aromatic rings. The second kappa shape index (κ2) is 12.5. The van der Waals surface area contributed by atoms with Crippen LogP contribution in [0.25, 0.3) is 0 Å². The quantitative estimate of drug-likeness (QED) is 0.252. The van der Waals surface area contributed by atoms with Gasteiger partial charge in [-0.1, -0.05) is 39.0 Å². The van der Waals surface area contributed by atoms with Gasteiger partial charge >= 0.3 is 0 Å². The molecule has 0 heterocycles. The van der Waals surface area contributed by atoms with E-state index in [9.17, 15) is 20.4 Å². The van der Waals surface area contributed by atoms with Crippen molar-refractivity contribution < 1.29 is 26.9 Å². The Morgan fingerprint density at radius 1 is 0.900 bits per heavy atom. The van der Waals surface area contributed by atoms with Crippen molar-refractivity contribution in [1.29, 1.82) is 0 Å². The number of hydrogen-bond donors (Lipinski definition) is 6. The van der Waals surface area contributed by atoms with Gasteiger partial charge in [-0.05, 0) is 13.0 Å². The fraction of sp³-hybridized carbons (Fsp3) is 1.00. The molecule has 0 fully saturated rings. The molecule has 0 saturated carbocycles. The van der Waals surface area contributed by atoms with Crippen LogP contribution in [0.2, 0.25) is 1.41 Å². The van der Waals surface area contributed by atoms with Crippen LogP contribution in [0.4, 0.5) is 0 Å². The number of nitrogens with one attached hydrogen (secondary N) is 1. The fourth-order valence-electron chi connectivity index (χ4n) is 1.90. The third-order valence-corrected chi connectivity index (χ3v) is 3.31. The minimum absolute atomic E-state index is 0.120. The summed E-state index contributed by atoms with van der Waals surface area (Å²) in [5, 5.41) is 47.8. The van der Waals surface area contributed by atoms with Crippen molar-refractivity contribution in [3.8, 4) is 0 Å². The van der Waals surface area contributed by atoms with E-state index in [1.165, 1.54) is 19.3 Å². The summed E-state index contributed by atoms with van der Waals surface area (Å²) in [6, 6.07) is 0. The number of unbranched alkanes of at least 4 members (excludes halogenated alkanes) is 5. The summed E-state index contributed by atoms with van der Waals surface area (Å²) in [7, 11) is 0. The maximum atomic E-state index is 9.71. The number of aliphatic hydroxyl groups is 5. The molecule has 0 aromatic heterocycles. The molecule has 122 valence electrons. The van der Waals surface area contributed by atoms with E-state index >= 15 is 0 Å². The Morgan fingerprint density at radius 3 is 2.05 bits per heavy atom. The Balaban J connectivity index is 3.84. The van der Waals surface area contributed by atoms with E-state index < -0.39 is 31.0 Å². The van der Waals surface area contributed by atoms with Crippen molar-refractivity contribution in [3.63, 3.8) is 0 Å². The second-order valence-electron chi connectivity index (χ2n) is 5.20. The minimum atomic E-state index is -1.63. The van der Waals surface area contributed by atoms with Gasteiger partial charge in [-0.25, -0.2) is 0 Å². The average Bonchev–Trinajstić information content (AvgIpc) is 2.48. The summed E-state index contributed by atoms with van der Waals surface area (Å²) in [5.74, 6) is 0. The van der Waals surface area contributed by atoms with Crippen LogP contribution in [0.5, 0.6) is 0 Å². The Bertz CT molecular complexity index is 247. The van der Waals surface area contributed by atoms with Gasteiger partial charge in [0, 0.05) is 6.54 Å². The van der Waals surface area contributed by atoms with Crippen molar-refractivity contribution >= 4 is 0 Å². The van der Waals surface area contributed by atoms with E-state index in [0.29, 0.717) is 6.54 Å². The van der Waals surface area contributed by atoms with Gasteiger partial charge in [-0.3, -0.25) is 0 Å². The third-order valence-electron chi connectivity index (χ3n) is 3.31. The van der Waals surface area contributed by atoms with Gasteiger partial charge in [-0.15, -0.1) is 0 Å². The molecule has 0 saturated heterocycles. The molecule has 4 atom stereocenters. The first-order valence-electron chi connectivity index (χ1n) is 7.95. The fourth-order valence-corrected chi connectivity index (χ4v) is 1.90. The van der Waals surface area contributed by atoms with Crippen LogP contribution in [0, 0.1) is 0 Å². The molecule has 6 N–H and O–H groups in total. The van der Waals surface area contributed by atoms with Crippen LogP contribution in [0.3, 0.4) is 0 Å². The van der Waals surface area contributed by atoms with Crippen LogP contribution in [-0.2, 0) is 0 Å². The zero-order valence-corrected chi connectivity index (χ0v) is 12.4. The number of hydrogen-bond acceptors (Lipinski definition) is 6. The van der Waals surface area contributed by atoms with Crippen LogP contribution >= 0.6 is 0 Å². The second-order valence-corrected chi connectivity index (χ2v) is 5.20. The normalized spacial score (nSPS) is 18.6. The molecule has 0 bridgehead atoms. The topological polar surface area (TPSA) is 113 Å². The highest BCUT2D eigenvalue weighted by Crippen LogP contribution is 2.06. The molecule has 0 aliphatic heterocycles. The summed E-state index contributed by atoms with van der Waals surface area (Å²) in [6.07, 6.45) is 0.535. The molecular formula is C14H31NO5. The molecule has 0 unspecified atom stereocenters. The standard InChI is InChI=1S/C14H31NO5/c1-2-3-4-5-6-7-8-15-9-11(17)13(19)14(20)12(18)10-16/h11-20H,2-10H2,1H3/t11-,12+,13+,14+/m0/s1/i/hD. The van der Waals surface area contributed by atoms with E-state index in [-0.39, 0.29) is 6.54 Å².